The van der Waals surface area contributed by atoms with Crippen molar-refractivity contribution in [3.63, 3.8) is 0 Å². The van der Waals surface area contributed by atoms with Crippen molar-refractivity contribution in [1.82, 2.24) is 10.6 Å². The van der Waals surface area contributed by atoms with Crippen molar-refractivity contribution in [3.8, 4) is 5.75 Å². The number of rotatable bonds is 6. The third-order valence-corrected chi connectivity index (χ3v) is 4.01. The molecule has 2 aromatic carbocycles. The Morgan fingerprint density at radius 3 is 2.64 bits per heavy atom. The summed E-state index contributed by atoms with van der Waals surface area (Å²) in [5.41, 5.74) is 1.23. The molecule has 5 heteroatoms. The van der Waals surface area contributed by atoms with Gasteiger partial charge < -0.3 is 15.4 Å². The van der Waals surface area contributed by atoms with Gasteiger partial charge in [0.2, 0.25) is 0 Å². The number of hydrogen-bond donors (Lipinski definition) is 2. The molecule has 2 aromatic rings. The molecule has 0 spiro atoms. The van der Waals surface area contributed by atoms with E-state index in [0.717, 1.165) is 30.6 Å². The minimum atomic E-state index is 0.751. The Labute approximate surface area is 136 Å². The number of hydrogen-bond acceptors (Lipinski definition) is 3. The quantitative estimate of drug-likeness (QED) is 0.488. The van der Waals surface area contributed by atoms with Crippen LogP contribution in [0.15, 0.2) is 41.4 Å². The zero-order valence-corrected chi connectivity index (χ0v) is 14.2. The molecule has 0 atom stereocenters. The van der Waals surface area contributed by atoms with Crippen LogP contribution in [0.25, 0.3) is 10.8 Å². The molecule has 0 radical (unpaired) electrons. The van der Waals surface area contributed by atoms with E-state index >= 15 is 0 Å². The monoisotopic (exact) mass is 317 g/mol. The van der Waals surface area contributed by atoms with Gasteiger partial charge in [0.05, 0.1) is 7.11 Å². The van der Waals surface area contributed by atoms with Crippen molar-refractivity contribution in [3.05, 3.63) is 42.0 Å². The first-order valence-corrected chi connectivity index (χ1v) is 8.66. The van der Waals surface area contributed by atoms with Gasteiger partial charge in [0.1, 0.15) is 5.75 Å². The number of aliphatic imine (C=N–C) groups is 1. The van der Waals surface area contributed by atoms with Crippen LogP contribution in [0.3, 0.4) is 0 Å². The summed E-state index contributed by atoms with van der Waals surface area (Å²) in [6.07, 6.45) is 2.10. The maximum absolute atomic E-state index is 5.25. The minimum Gasteiger partial charge on any atom is -0.497 e. The van der Waals surface area contributed by atoms with Crippen LogP contribution in [0, 0.1) is 0 Å². The van der Waals surface area contributed by atoms with Crippen molar-refractivity contribution < 1.29 is 4.74 Å². The number of benzene rings is 2. The molecule has 0 aliphatic heterocycles. The van der Waals surface area contributed by atoms with Gasteiger partial charge >= 0.3 is 0 Å². The third kappa shape index (κ3) is 4.56. The molecule has 0 aliphatic carbocycles. The van der Waals surface area contributed by atoms with E-state index in [2.05, 4.69) is 52.2 Å². The average Bonchev–Trinajstić information content (AvgIpc) is 2.57. The average molecular weight is 317 g/mol. The van der Waals surface area contributed by atoms with E-state index in [0.29, 0.717) is 0 Å². The number of nitrogens with zero attached hydrogens (tertiary/aromatic N) is 1. The van der Waals surface area contributed by atoms with Crippen molar-refractivity contribution in [2.45, 2.75) is 6.54 Å². The van der Waals surface area contributed by atoms with Gasteiger partial charge in [0, 0.05) is 25.9 Å². The predicted molar refractivity (Wildman–Crippen MR) is 97.1 cm³/mol. The van der Waals surface area contributed by atoms with Crippen molar-refractivity contribution in [1.29, 1.82) is 0 Å². The topological polar surface area (TPSA) is 45.7 Å². The summed E-state index contributed by atoms with van der Waals surface area (Å²) in [6.45, 7) is 1.67. The van der Waals surface area contributed by atoms with Gasteiger partial charge in [-0.3, -0.25) is 4.99 Å². The lowest BCUT2D eigenvalue weighted by molar-refractivity contribution is 0.415. The Hall–Kier alpha value is -1.88. The highest BCUT2D eigenvalue weighted by atomic mass is 32.2. The Kier molecular flexibility index (Phi) is 6.40. The molecular formula is C17H23N3OS. The molecule has 4 nitrogen and oxygen atoms in total. The summed E-state index contributed by atoms with van der Waals surface area (Å²) in [5.74, 6) is 2.79. The maximum Gasteiger partial charge on any atom is 0.191 e. The fourth-order valence-corrected chi connectivity index (χ4v) is 2.49. The second-order valence-electron chi connectivity index (χ2n) is 4.89. The first-order valence-electron chi connectivity index (χ1n) is 7.27. The van der Waals surface area contributed by atoms with E-state index in [4.69, 9.17) is 4.74 Å². The summed E-state index contributed by atoms with van der Waals surface area (Å²) < 4.78 is 5.25. The van der Waals surface area contributed by atoms with Crippen molar-refractivity contribution in [2.75, 3.05) is 32.7 Å². The highest BCUT2D eigenvalue weighted by Crippen LogP contribution is 2.21. The zero-order chi connectivity index (χ0) is 15.8. The van der Waals surface area contributed by atoms with Crippen LogP contribution in [0.1, 0.15) is 5.56 Å². The van der Waals surface area contributed by atoms with Crippen LogP contribution in [-0.4, -0.2) is 38.7 Å². The van der Waals surface area contributed by atoms with Crippen molar-refractivity contribution >= 4 is 28.5 Å². The molecule has 0 unspecified atom stereocenters. The molecule has 22 heavy (non-hydrogen) atoms. The molecule has 2 rings (SSSR count). The molecule has 0 saturated carbocycles. The Bertz CT molecular complexity index is 643. The largest absolute Gasteiger partial charge is 0.497 e. The Morgan fingerprint density at radius 1 is 1.14 bits per heavy atom. The molecule has 0 bridgehead atoms. The molecule has 0 fully saturated rings. The van der Waals surface area contributed by atoms with E-state index in [-0.39, 0.29) is 0 Å². The van der Waals surface area contributed by atoms with Crippen LogP contribution in [-0.2, 0) is 6.54 Å². The first kappa shape index (κ1) is 16.5. The Morgan fingerprint density at radius 2 is 1.91 bits per heavy atom. The fraction of sp³-hybridized carbons (Fsp3) is 0.353. The van der Waals surface area contributed by atoms with Crippen LogP contribution in [0.5, 0.6) is 5.75 Å². The summed E-state index contributed by atoms with van der Waals surface area (Å²) >= 11 is 1.82. The van der Waals surface area contributed by atoms with E-state index in [1.54, 1.807) is 14.2 Å². The molecular weight excluding hydrogens is 294 g/mol. The molecule has 0 aromatic heterocycles. The zero-order valence-electron chi connectivity index (χ0n) is 13.3. The first-order chi connectivity index (χ1) is 10.8. The lowest BCUT2D eigenvalue weighted by Gasteiger charge is -2.12. The smallest absolute Gasteiger partial charge is 0.191 e. The minimum absolute atomic E-state index is 0.751. The summed E-state index contributed by atoms with van der Waals surface area (Å²) in [5, 5.41) is 9.03. The van der Waals surface area contributed by atoms with E-state index < -0.39 is 0 Å². The SMILES string of the molecule is CN=C(NCCSC)NCc1ccc2cc(OC)ccc2c1. The summed E-state index contributed by atoms with van der Waals surface area (Å²) in [6, 6.07) is 12.6. The van der Waals surface area contributed by atoms with Crippen LogP contribution in [0.4, 0.5) is 0 Å². The lowest BCUT2D eigenvalue weighted by Crippen LogP contribution is -2.37. The number of fused-ring (bicyclic) bond motifs is 1. The molecule has 0 amide bonds. The molecule has 2 N–H and O–H groups in total. The van der Waals surface area contributed by atoms with Gasteiger partial charge in [-0.15, -0.1) is 0 Å². The lowest BCUT2D eigenvalue weighted by atomic mass is 10.1. The number of guanidine groups is 1. The maximum atomic E-state index is 5.25. The molecule has 0 saturated heterocycles. The number of ether oxygens (including phenoxy) is 1. The number of methoxy groups -OCH3 is 1. The highest BCUT2D eigenvalue weighted by Gasteiger charge is 2.01. The van der Waals surface area contributed by atoms with E-state index in [1.807, 2.05) is 17.8 Å². The van der Waals surface area contributed by atoms with Crippen LogP contribution in [0.2, 0.25) is 0 Å². The molecule has 0 heterocycles. The van der Waals surface area contributed by atoms with Gasteiger partial charge in [-0.25, -0.2) is 0 Å². The second kappa shape index (κ2) is 8.54. The van der Waals surface area contributed by atoms with Gasteiger partial charge in [0.25, 0.3) is 0 Å². The van der Waals surface area contributed by atoms with Gasteiger partial charge in [0.15, 0.2) is 5.96 Å². The second-order valence-corrected chi connectivity index (χ2v) is 5.88. The van der Waals surface area contributed by atoms with Crippen LogP contribution < -0.4 is 15.4 Å². The van der Waals surface area contributed by atoms with Gasteiger partial charge in [-0.05, 0) is 40.8 Å². The fourth-order valence-electron chi connectivity index (χ4n) is 2.19. The number of nitrogens with one attached hydrogen (secondary N) is 2. The predicted octanol–water partition coefficient (Wildman–Crippen LogP) is 2.88. The molecule has 118 valence electrons. The number of thioether (sulfide) groups is 1. The Balaban J connectivity index is 1.99. The summed E-state index contributed by atoms with van der Waals surface area (Å²) in [4.78, 5) is 4.23. The van der Waals surface area contributed by atoms with Gasteiger partial charge in [-0.2, -0.15) is 11.8 Å². The highest BCUT2D eigenvalue weighted by molar-refractivity contribution is 7.98. The van der Waals surface area contributed by atoms with Crippen LogP contribution >= 0.6 is 11.8 Å². The van der Waals surface area contributed by atoms with Gasteiger partial charge in [-0.1, -0.05) is 18.2 Å². The van der Waals surface area contributed by atoms with E-state index in [1.165, 1.54) is 16.3 Å². The third-order valence-electron chi connectivity index (χ3n) is 3.39. The van der Waals surface area contributed by atoms with Crippen molar-refractivity contribution in [2.24, 2.45) is 4.99 Å². The normalized spacial score (nSPS) is 11.5. The standard InChI is InChI=1S/C17H23N3OS/c1-18-17(19-8-9-22-3)20-12-13-4-5-15-11-16(21-2)7-6-14(15)10-13/h4-7,10-11H,8-9,12H2,1-3H3,(H2,18,19,20). The van der Waals surface area contributed by atoms with E-state index in [9.17, 15) is 0 Å². The molecule has 0 aliphatic rings. The summed E-state index contributed by atoms with van der Waals surface area (Å²) in [7, 11) is 3.48.